The fourth-order valence-electron chi connectivity index (χ4n) is 0.799. The SMILES string of the molecule is Nc1ccccc1CS(=O)O. The highest BCUT2D eigenvalue weighted by Crippen LogP contribution is 2.11. The average Bonchev–Trinajstić information content (AvgIpc) is 1.93. The maximum Gasteiger partial charge on any atom is 0.157 e. The molecule has 1 unspecified atom stereocenters. The number of hydrogen-bond acceptors (Lipinski definition) is 2. The van der Waals surface area contributed by atoms with E-state index in [1.54, 1.807) is 24.3 Å². The van der Waals surface area contributed by atoms with Gasteiger partial charge in [-0.1, -0.05) is 18.2 Å². The van der Waals surface area contributed by atoms with Gasteiger partial charge in [0.25, 0.3) is 0 Å². The fourth-order valence-corrected chi connectivity index (χ4v) is 1.33. The van der Waals surface area contributed by atoms with E-state index in [0.717, 1.165) is 0 Å². The van der Waals surface area contributed by atoms with Crippen molar-refractivity contribution in [3.05, 3.63) is 29.8 Å². The predicted octanol–water partition coefficient (Wildman–Crippen LogP) is 0.991. The number of nitrogen functional groups attached to an aromatic ring is 1. The minimum Gasteiger partial charge on any atom is -0.398 e. The summed E-state index contributed by atoms with van der Waals surface area (Å²) in [6.45, 7) is 0. The molecule has 11 heavy (non-hydrogen) atoms. The van der Waals surface area contributed by atoms with Crippen LogP contribution in [0.25, 0.3) is 0 Å². The Labute approximate surface area is 67.5 Å². The molecule has 1 rings (SSSR count). The topological polar surface area (TPSA) is 63.3 Å². The Morgan fingerprint density at radius 2 is 2.09 bits per heavy atom. The highest BCUT2D eigenvalue weighted by molar-refractivity contribution is 7.78. The first-order valence-corrected chi connectivity index (χ1v) is 4.38. The van der Waals surface area contributed by atoms with E-state index in [-0.39, 0.29) is 5.75 Å². The van der Waals surface area contributed by atoms with Gasteiger partial charge in [-0.3, -0.25) is 0 Å². The van der Waals surface area contributed by atoms with Crippen molar-refractivity contribution in [2.24, 2.45) is 0 Å². The van der Waals surface area contributed by atoms with Crippen LogP contribution < -0.4 is 5.73 Å². The van der Waals surface area contributed by atoms with Crippen LogP contribution in [0, 0.1) is 0 Å². The van der Waals surface area contributed by atoms with Gasteiger partial charge in [-0.2, -0.15) is 0 Å². The fraction of sp³-hybridized carbons (Fsp3) is 0.143. The zero-order chi connectivity index (χ0) is 8.27. The number of benzene rings is 1. The molecule has 0 amide bonds. The van der Waals surface area contributed by atoms with Crippen molar-refractivity contribution in [3.63, 3.8) is 0 Å². The average molecular weight is 171 g/mol. The van der Waals surface area contributed by atoms with E-state index in [1.165, 1.54) is 0 Å². The molecule has 4 heteroatoms. The molecule has 0 radical (unpaired) electrons. The van der Waals surface area contributed by atoms with Crippen molar-refractivity contribution in [2.75, 3.05) is 5.73 Å². The minimum absolute atomic E-state index is 0.104. The molecule has 0 heterocycles. The van der Waals surface area contributed by atoms with Gasteiger partial charge in [-0.05, 0) is 11.6 Å². The third-order valence-corrected chi connectivity index (χ3v) is 1.89. The van der Waals surface area contributed by atoms with E-state index in [0.29, 0.717) is 11.3 Å². The third-order valence-electron chi connectivity index (χ3n) is 1.33. The number of nitrogens with two attached hydrogens (primary N) is 1. The summed E-state index contributed by atoms with van der Waals surface area (Å²) >= 11 is -1.81. The molecule has 0 bridgehead atoms. The Balaban J connectivity index is 2.86. The van der Waals surface area contributed by atoms with Gasteiger partial charge in [0.2, 0.25) is 0 Å². The van der Waals surface area contributed by atoms with Crippen LogP contribution in [0.1, 0.15) is 5.56 Å². The molecule has 1 aromatic carbocycles. The lowest BCUT2D eigenvalue weighted by molar-refractivity contribution is 0.563. The number of anilines is 1. The molecule has 0 saturated carbocycles. The Morgan fingerprint density at radius 1 is 1.45 bits per heavy atom. The first kappa shape index (κ1) is 8.23. The van der Waals surface area contributed by atoms with Crippen LogP contribution in [0.3, 0.4) is 0 Å². The summed E-state index contributed by atoms with van der Waals surface area (Å²) in [5.41, 5.74) is 6.80. The molecule has 0 aliphatic rings. The molecule has 0 saturated heterocycles. The van der Waals surface area contributed by atoms with Gasteiger partial charge in [0.15, 0.2) is 11.1 Å². The van der Waals surface area contributed by atoms with Gasteiger partial charge in [0.05, 0.1) is 5.75 Å². The van der Waals surface area contributed by atoms with Crippen LogP contribution in [0.15, 0.2) is 24.3 Å². The van der Waals surface area contributed by atoms with Gasteiger partial charge < -0.3 is 10.3 Å². The highest BCUT2D eigenvalue weighted by atomic mass is 32.2. The van der Waals surface area contributed by atoms with E-state index >= 15 is 0 Å². The zero-order valence-electron chi connectivity index (χ0n) is 5.86. The monoisotopic (exact) mass is 171 g/mol. The Kier molecular flexibility index (Phi) is 2.62. The van der Waals surface area contributed by atoms with Crippen LogP contribution >= 0.6 is 0 Å². The van der Waals surface area contributed by atoms with Crippen molar-refractivity contribution >= 4 is 16.8 Å². The maximum absolute atomic E-state index is 10.4. The molecule has 1 aromatic rings. The van der Waals surface area contributed by atoms with Crippen LogP contribution in [0.2, 0.25) is 0 Å². The number of hydrogen-bond donors (Lipinski definition) is 2. The van der Waals surface area contributed by atoms with Gasteiger partial charge in [0.1, 0.15) is 0 Å². The zero-order valence-corrected chi connectivity index (χ0v) is 6.67. The summed E-state index contributed by atoms with van der Waals surface area (Å²) in [5, 5.41) is 0. The smallest absolute Gasteiger partial charge is 0.157 e. The summed E-state index contributed by atoms with van der Waals surface area (Å²) in [7, 11) is 0. The summed E-state index contributed by atoms with van der Waals surface area (Å²) in [5.74, 6) is 0.104. The first-order chi connectivity index (χ1) is 5.20. The summed E-state index contributed by atoms with van der Waals surface area (Å²) in [4.78, 5) is 0. The van der Waals surface area contributed by atoms with Crippen molar-refractivity contribution in [2.45, 2.75) is 5.75 Å². The van der Waals surface area contributed by atoms with Crippen molar-refractivity contribution in [1.82, 2.24) is 0 Å². The van der Waals surface area contributed by atoms with E-state index in [2.05, 4.69) is 0 Å². The normalized spacial score (nSPS) is 12.8. The van der Waals surface area contributed by atoms with Crippen molar-refractivity contribution in [3.8, 4) is 0 Å². The van der Waals surface area contributed by atoms with Crippen LogP contribution in [0.5, 0.6) is 0 Å². The van der Waals surface area contributed by atoms with E-state index < -0.39 is 11.1 Å². The van der Waals surface area contributed by atoms with Crippen molar-refractivity contribution < 1.29 is 8.76 Å². The second-order valence-corrected chi connectivity index (χ2v) is 3.10. The largest absolute Gasteiger partial charge is 0.398 e. The lowest BCUT2D eigenvalue weighted by Crippen LogP contribution is -1.97. The Bertz CT molecular complexity index is 275. The lowest BCUT2D eigenvalue weighted by Gasteiger charge is -2.00. The molecule has 60 valence electrons. The van der Waals surface area contributed by atoms with Gasteiger partial charge in [-0.15, -0.1) is 0 Å². The van der Waals surface area contributed by atoms with Gasteiger partial charge in [0, 0.05) is 5.69 Å². The third kappa shape index (κ3) is 2.32. The second-order valence-electron chi connectivity index (χ2n) is 2.16. The van der Waals surface area contributed by atoms with Gasteiger partial charge in [-0.25, -0.2) is 4.21 Å². The molecule has 0 aromatic heterocycles. The Morgan fingerprint density at radius 3 is 2.64 bits per heavy atom. The highest BCUT2D eigenvalue weighted by Gasteiger charge is 1.99. The second kappa shape index (κ2) is 3.50. The molecule has 3 nitrogen and oxygen atoms in total. The predicted molar refractivity (Wildman–Crippen MR) is 45.3 cm³/mol. The quantitative estimate of drug-likeness (QED) is 0.515. The van der Waals surface area contributed by atoms with E-state index in [4.69, 9.17) is 10.3 Å². The summed E-state index contributed by atoms with van der Waals surface area (Å²) in [6, 6.07) is 7.03. The van der Waals surface area contributed by atoms with Crippen LogP contribution in [-0.2, 0) is 16.8 Å². The van der Waals surface area contributed by atoms with Crippen LogP contribution in [0.4, 0.5) is 5.69 Å². The maximum atomic E-state index is 10.4. The molecule has 0 aliphatic heterocycles. The van der Waals surface area contributed by atoms with Crippen LogP contribution in [-0.4, -0.2) is 8.76 Å². The van der Waals surface area contributed by atoms with Crippen molar-refractivity contribution in [1.29, 1.82) is 0 Å². The first-order valence-electron chi connectivity index (χ1n) is 3.11. The molecule has 3 N–H and O–H groups in total. The summed E-state index contributed by atoms with van der Waals surface area (Å²) < 4.78 is 18.9. The summed E-state index contributed by atoms with van der Waals surface area (Å²) in [6.07, 6.45) is 0. The standard InChI is InChI=1S/C7H9NO2S/c8-7-4-2-1-3-6(7)5-11(9)10/h1-4H,5,8H2,(H,9,10). The molecule has 0 fully saturated rings. The number of rotatable bonds is 2. The molecular weight excluding hydrogens is 162 g/mol. The minimum atomic E-state index is -1.81. The molecular formula is C7H9NO2S. The molecule has 0 aliphatic carbocycles. The van der Waals surface area contributed by atoms with E-state index in [9.17, 15) is 4.21 Å². The molecule has 1 atom stereocenters. The lowest BCUT2D eigenvalue weighted by atomic mass is 10.2. The van der Waals surface area contributed by atoms with Gasteiger partial charge >= 0.3 is 0 Å². The van der Waals surface area contributed by atoms with E-state index in [1.807, 2.05) is 0 Å². The number of para-hydroxylation sites is 1. The molecule has 0 spiro atoms. The Hall–Kier alpha value is -0.870.